The van der Waals surface area contributed by atoms with Crippen LogP contribution in [-0.2, 0) is 4.79 Å². The van der Waals surface area contributed by atoms with Crippen LogP contribution in [0.4, 0.5) is 5.69 Å². The van der Waals surface area contributed by atoms with Crippen molar-refractivity contribution in [3.05, 3.63) is 28.2 Å². The molecule has 5 heteroatoms. The molecule has 0 aliphatic carbocycles. The third kappa shape index (κ3) is 4.27. The van der Waals surface area contributed by atoms with E-state index in [-0.39, 0.29) is 5.91 Å². The number of amides is 1. The molecule has 0 heterocycles. The predicted molar refractivity (Wildman–Crippen MR) is 96.5 cm³/mol. The first kappa shape index (κ1) is 18.1. The summed E-state index contributed by atoms with van der Waals surface area (Å²) in [6.07, 6.45) is 3.09. The highest BCUT2D eigenvalue weighted by atomic mass is 79.9. The quantitative estimate of drug-likeness (QED) is 0.691. The first-order valence-corrected chi connectivity index (χ1v) is 8.45. The molecule has 116 valence electrons. The van der Waals surface area contributed by atoms with E-state index in [0.29, 0.717) is 17.8 Å². The number of benzene rings is 1. The molecular weight excluding hydrogens is 348 g/mol. The number of nitrogens with one attached hydrogen (secondary N) is 1. The van der Waals surface area contributed by atoms with E-state index in [2.05, 4.69) is 21.2 Å². The van der Waals surface area contributed by atoms with Gasteiger partial charge < -0.3 is 11.1 Å². The second-order valence-corrected chi connectivity index (χ2v) is 6.72. The average molecular weight is 371 g/mol. The summed E-state index contributed by atoms with van der Waals surface area (Å²) in [7, 11) is 0. The van der Waals surface area contributed by atoms with Gasteiger partial charge in [0.25, 0.3) is 0 Å². The number of hydrogen-bond donors (Lipinski definition) is 2. The van der Waals surface area contributed by atoms with Crippen LogP contribution in [-0.4, -0.2) is 10.9 Å². The van der Waals surface area contributed by atoms with Crippen LogP contribution in [0.3, 0.4) is 0 Å². The monoisotopic (exact) mass is 370 g/mol. The van der Waals surface area contributed by atoms with Gasteiger partial charge in [-0.25, -0.2) is 0 Å². The molecule has 3 N–H and O–H groups in total. The van der Waals surface area contributed by atoms with E-state index < -0.39 is 5.41 Å². The highest BCUT2D eigenvalue weighted by Gasteiger charge is 2.39. The SMILES string of the molecule is CCCC(CCC)(C(=O)Nc1ccc(Br)cc1C)C(N)=S. The van der Waals surface area contributed by atoms with Crippen LogP contribution in [0, 0.1) is 12.3 Å². The summed E-state index contributed by atoms with van der Waals surface area (Å²) in [5.74, 6) is -0.0934. The van der Waals surface area contributed by atoms with Gasteiger partial charge in [0.15, 0.2) is 0 Å². The van der Waals surface area contributed by atoms with Crippen LogP contribution in [0.1, 0.15) is 45.1 Å². The molecule has 0 bridgehead atoms. The maximum absolute atomic E-state index is 12.8. The van der Waals surface area contributed by atoms with Gasteiger partial charge in [0.05, 0.1) is 10.4 Å². The number of anilines is 1. The summed E-state index contributed by atoms with van der Waals surface area (Å²) in [6.45, 7) is 6.05. The molecule has 0 fully saturated rings. The van der Waals surface area contributed by atoms with Crippen molar-refractivity contribution < 1.29 is 4.79 Å². The minimum absolute atomic E-state index is 0.0934. The molecule has 0 saturated carbocycles. The van der Waals surface area contributed by atoms with Gasteiger partial charge in [-0.15, -0.1) is 0 Å². The maximum atomic E-state index is 12.8. The van der Waals surface area contributed by atoms with Gasteiger partial charge in [0, 0.05) is 10.2 Å². The van der Waals surface area contributed by atoms with Crippen LogP contribution in [0.25, 0.3) is 0 Å². The highest BCUT2D eigenvalue weighted by molar-refractivity contribution is 9.10. The zero-order valence-electron chi connectivity index (χ0n) is 12.8. The molecule has 0 spiro atoms. The van der Waals surface area contributed by atoms with Crippen molar-refractivity contribution in [1.82, 2.24) is 0 Å². The molecule has 1 rings (SSSR count). The summed E-state index contributed by atoms with van der Waals surface area (Å²) >= 11 is 8.64. The summed E-state index contributed by atoms with van der Waals surface area (Å²) in [4.78, 5) is 13.1. The minimum atomic E-state index is -0.752. The molecule has 0 aliphatic heterocycles. The third-order valence-electron chi connectivity index (χ3n) is 3.70. The topological polar surface area (TPSA) is 55.1 Å². The van der Waals surface area contributed by atoms with E-state index in [9.17, 15) is 4.79 Å². The number of aryl methyl sites for hydroxylation is 1. The van der Waals surface area contributed by atoms with Gasteiger partial charge in [0.1, 0.15) is 0 Å². The summed E-state index contributed by atoms with van der Waals surface area (Å²) in [5, 5.41) is 3.00. The smallest absolute Gasteiger partial charge is 0.237 e. The number of nitrogens with two attached hydrogens (primary N) is 1. The Hall–Kier alpha value is -0.940. The fourth-order valence-electron chi connectivity index (χ4n) is 2.57. The predicted octanol–water partition coefficient (Wildman–Crippen LogP) is 4.57. The van der Waals surface area contributed by atoms with Crippen LogP contribution in [0.5, 0.6) is 0 Å². The van der Waals surface area contributed by atoms with E-state index in [0.717, 1.165) is 28.6 Å². The van der Waals surface area contributed by atoms with E-state index in [1.807, 2.05) is 39.0 Å². The first-order chi connectivity index (χ1) is 9.87. The first-order valence-electron chi connectivity index (χ1n) is 7.25. The minimum Gasteiger partial charge on any atom is -0.392 e. The standard InChI is InChI=1S/C16H23BrN2OS/c1-4-8-16(9-5-2,14(18)21)15(20)19-13-7-6-12(17)10-11(13)3/h6-7,10H,4-5,8-9H2,1-3H3,(H2,18,21)(H,19,20). The number of halogens is 1. The Kier molecular flexibility index (Phi) is 6.81. The number of carbonyl (C=O) groups excluding carboxylic acids is 1. The van der Waals surface area contributed by atoms with Crippen LogP contribution in [0.15, 0.2) is 22.7 Å². The molecule has 3 nitrogen and oxygen atoms in total. The lowest BCUT2D eigenvalue weighted by molar-refractivity contribution is -0.122. The number of carbonyl (C=O) groups is 1. The summed E-state index contributed by atoms with van der Waals surface area (Å²) in [5.41, 5.74) is 6.98. The Morgan fingerprint density at radius 1 is 1.33 bits per heavy atom. The number of thiocarbonyl (C=S) groups is 1. The van der Waals surface area contributed by atoms with Crippen molar-refractivity contribution >= 4 is 44.7 Å². The van der Waals surface area contributed by atoms with Gasteiger partial charge in [-0.05, 0) is 43.5 Å². The molecular formula is C16H23BrN2OS. The van der Waals surface area contributed by atoms with Gasteiger partial charge in [-0.2, -0.15) is 0 Å². The van der Waals surface area contributed by atoms with Crippen molar-refractivity contribution in [3.8, 4) is 0 Å². The van der Waals surface area contributed by atoms with E-state index in [1.54, 1.807) is 0 Å². The van der Waals surface area contributed by atoms with Crippen molar-refractivity contribution in [3.63, 3.8) is 0 Å². The lowest BCUT2D eigenvalue weighted by atomic mass is 9.78. The van der Waals surface area contributed by atoms with Crippen LogP contribution in [0.2, 0.25) is 0 Å². The Labute approximate surface area is 140 Å². The lowest BCUT2D eigenvalue weighted by Gasteiger charge is -2.31. The molecule has 1 aromatic carbocycles. The number of rotatable bonds is 7. The fourth-order valence-corrected chi connectivity index (χ4v) is 3.35. The molecule has 0 atom stereocenters. The Morgan fingerprint density at radius 3 is 2.33 bits per heavy atom. The molecule has 0 aromatic heterocycles. The van der Waals surface area contributed by atoms with Crippen molar-refractivity contribution in [2.24, 2.45) is 11.1 Å². The normalized spacial score (nSPS) is 11.2. The second kappa shape index (κ2) is 7.90. The van der Waals surface area contributed by atoms with Gasteiger partial charge in [-0.1, -0.05) is 54.8 Å². The van der Waals surface area contributed by atoms with Crippen molar-refractivity contribution in [2.45, 2.75) is 46.5 Å². The Balaban J connectivity index is 3.08. The zero-order chi connectivity index (χ0) is 16.0. The Morgan fingerprint density at radius 2 is 1.90 bits per heavy atom. The molecule has 1 aromatic rings. The zero-order valence-corrected chi connectivity index (χ0v) is 15.2. The maximum Gasteiger partial charge on any atom is 0.237 e. The van der Waals surface area contributed by atoms with E-state index in [1.165, 1.54) is 0 Å². The Bertz CT molecular complexity index is 525. The van der Waals surface area contributed by atoms with E-state index >= 15 is 0 Å². The molecule has 0 radical (unpaired) electrons. The molecule has 0 aliphatic rings. The third-order valence-corrected chi connectivity index (χ3v) is 4.58. The lowest BCUT2D eigenvalue weighted by Crippen LogP contribution is -2.46. The van der Waals surface area contributed by atoms with Crippen LogP contribution < -0.4 is 11.1 Å². The molecule has 0 unspecified atom stereocenters. The molecule has 21 heavy (non-hydrogen) atoms. The van der Waals surface area contributed by atoms with Gasteiger partial charge >= 0.3 is 0 Å². The van der Waals surface area contributed by atoms with Gasteiger partial charge in [-0.3, -0.25) is 4.79 Å². The second-order valence-electron chi connectivity index (χ2n) is 5.36. The number of hydrogen-bond acceptors (Lipinski definition) is 2. The molecule has 0 saturated heterocycles. The van der Waals surface area contributed by atoms with Crippen LogP contribution >= 0.6 is 28.1 Å². The summed E-state index contributed by atoms with van der Waals surface area (Å²) < 4.78 is 0.987. The average Bonchev–Trinajstić information content (AvgIpc) is 2.41. The van der Waals surface area contributed by atoms with E-state index in [4.69, 9.17) is 18.0 Å². The molecule has 1 amide bonds. The highest BCUT2D eigenvalue weighted by Crippen LogP contribution is 2.33. The summed E-state index contributed by atoms with van der Waals surface area (Å²) in [6, 6.07) is 5.77. The van der Waals surface area contributed by atoms with Crippen molar-refractivity contribution in [1.29, 1.82) is 0 Å². The fraction of sp³-hybridized carbons (Fsp3) is 0.500. The van der Waals surface area contributed by atoms with Crippen molar-refractivity contribution in [2.75, 3.05) is 5.32 Å². The van der Waals surface area contributed by atoms with Gasteiger partial charge in [0.2, 0.25) is 5.91 Å². The largest absolute Gasteiger partial charge is 0.392 e.